The highest BCUT2D eigenvalue weighted by Gasteiger charge is 2.00. The van der Waals surface area contributed by atoms with E-state index in [1.54, 1.807) is 18.4 Å². The molecule has 6 heteroatoms. The molecule has 2 N–H and O–H groups in total. The van der Waals surface area contributed by atoms with Gasteiger partial charge in [-0.1, -0.05) is 0 Å². The first kappa shape index (κ1) is 14.9. The molecule has 1 rings (SSSR count). The largest absolute Gasteiger partial charge is 0.380 e. The Balaban J connectivity index is 2.15. The monoisotopic (exact) mass is 270 g/mol. The molecule has 1 heterocycles. The summed E-state index contributed by atoms with van der Waals surface area (Å²) in [6.45, 7) is 7.05. The molecule has 5 nitrogen and oxygen atoms in total. The minimum absolute atomic E-state index is 0.697. The second-order valence-electron chi connectivity index (χ2n) is 3.73. The maximum absolute atomic E-state index is 5.25. The molecule has 0 fully saturated rings. The molecular formula is C12H22N4OS. The lowest BCUT2D eigenvalue weighted by molar-refractivity contribution is 0.152. The number of rotatable bonds is 7. The zero-order chi connectivity index (χ0) is 13.2. The fourth-order valence-corrected chi connectivity index (χ4v) is 2.09. The lowest BCUT2D eigenvalue weighted by atomic mass is 10.3. The Morgan fingerprint density at radius 3 is 2.83 bits per heavy atom. The number of hydrogen-bond donors (Lipinski definition) is 2. The van der Waals surface area contributed by atoms with Crippen molar-refractivity contribution in [3.8, 4) is 0 Å². The molecule has 1 aromatic rings. The molecule has 0 spiro atoms. The highest BCUT2D eigenvalue weighted by molar-refractivity contribution is 7.09. The highest BCUT2D eigenvalue weighted by atomic mass is 32.1. The van der Waals surface area contributed by atoms with Crippen molar-refractivity contribution < 1.29 is 4.74 Å². The summed E-state index contributed by atoms with van der Waals surface area (Å²) in [5.41, 5.74) is 1.13. The molecule has 0 unspecified atom stereocenters. The molecule has 0 aliphatic heterocycles. The van der Waals surface area contributed by atoms with E-state index < -0.39 is 0 Å². The zero-order valence-electron chi connectivity index (χ0n) is 11.3. The maximum atomic E-state index is 5.25. The number of aryl methyl sites for hydroxylation is 1. The summed E-state index contributed by atoms with van der Waals surface area (Å²) in [5, 5.41) is 9.66. The lowest BCUT2D eigenvalue weighted by Gasteiger charge is -2.11. The highest BCUT2D eigenvalue weighted by Crippen LogP contribution is 2.07. The quantitative estimate of drug-likeness (QED) is 0.444. The molecule has 0 radical (unpaired) electrons. The van der Waals surface area contributed by atoms with E-state index in [1.807, 2.05) is 13.8 Å². The number of thiazole rings is 1. The first-order valence-electron chi connectivity index (χ1n) is 6.19. The van der Waals surface area contributed by atoms with Crippen LogP contribution in [0.4, 0.5) is 0 Å². The molecule has 0 saturated heterocycles. The number of ether oxygens (including phenoxy) is 1. The number of guanidine groups is 1. The Hall–Kier alpha value is -1.14. The Morgan fingerprint density at radius 1 is 1.44 bits per heavy atom. The van der Waals surface area contributed by atoms with Crippen LogP contribution in [0.3, 0.4) is 0 Å². The fraction of sp³-hybridized carbons (Fsp3) is 0.667. The smallest absolute Gasteiger partial charge is 0.191 e. The summed E-state index contributed by atoms with van der Waals surface area (Å²) < 4.78 is 5.25. The molecule has 0 aliphatic carbocycles. The lowest BCUT2D eigenvalue weighted by Crippen LogP contribution is -2.39. The number of aliphatic imine (C=N–C) groups is 1. The molecule has 18 heavy (non-hydrogen) atoms. The van der Waals surface area contributed by atoms with Crippen molar-refractivity contribution in [1.29, 1.82) is 0 Å². The van der Waals surface area contributed by atoms with Crippen LogP contribution in [0, 0.1) is 6.92 Å². The molecular weight excluding hydrogens is 248 g/mol. The van der Waals surface area contributed by atoms with E-state index in [1.165, 1.54) is 0 Å². The van der Waals surface area contributed by atoms with Gasteiger partial charge in [0.15, 0.2) is 5.96 Å². The van der Waals surface area contributed by atoms with Gasteiger partial charge in [0, 0.05) is 38.5 Å². The van der Waals surface area contributed by atoms with Gasteiger partial charge in [-0.05, 0) is 13.8 Å². The third-order valence-electron chi connectivity index (χ3n) is 2.31. The van der Waals surface area contributed by atoms with Crippen LogP contribution in [0.1, 0.15) is 17.6 Å². The van der Waals surface area contributed by atoms with E-state index in [9.17, 15) is 0 Å². The third-order valence-corrected chi connectivity index (χ3v) is 3.13. The van der Waals surface area contributed by atoms with Crippen LogP contribution in [-0.2, 0) is 11.2 Å². The average molecular weight is 270 g/mol. The summed E-state index contributed by atoms with van der Waals surface area (Å²) in [4.78, 5) is 8.56. The summed E-state index contributed by atoms with van der Waals surface area (Å²) in [5.74, 6) is 0.807. The third kappa shape index (κ3) is 5.97. The second kappa shape index (κ2) is 8.88. The van der Waals surface area contributed by atoms with Crippen molar-refractivity contribution in [3.05, 3.63) is 16.1 Å². The SMILES string of the molecule is CCOCCNC(=NC)NCCc1csc(C)n1. The molecule has 1 aromatic heterocycles. The van der Waals surface area contributed by atoms with Gasteiger partial charge in [0.05, 0.1) is 17.3 Å². The van der Waals surface area contributed by atoms with E-state index >= 15 is 0 Å². The molecule has 0 saturated carbocycles. The predicted molar refractivity (Wildman–Crippen MR) is 76.4 cm³/mol. The topological polar surface area (TPSA) is 58.5 Å². The number of nitrogens with zero attached hydrogens (tertiary/aromatic N) is 2. The molecule has 0 atom stereocenters. The van der Waals surface area contributed by atoms with E-state index in [0.29, 0.717) is 6.61 Å². The fourth-order valence-electron chi connectivity index (χ4n) is 1.44. The molecule has 0 bridgehead atoms. The van der Waals surface area contributed by atoms with Gasteiger partial charge in [0.1, 0.15) is 0 Å². The summed E-state index contributed by atoms with van der Waals surface area (Å²) in [7, 11) is 1.77. The normalized spacial score (nSPS) is 11.6. The first-order chi connectivity index (χ1) is 8.76. The van der Waals surface area contributed by atoms with Crippen molar-refractivity contribution in [2.75, 3.05) is 33.4 Å². The maximum Gasteiger partial charge on any atom is 0.191 e. The molecule has 102 valence electrons. The van der Waals surface area contributed by atoms with Gasteiger partial charge in [-0.3, -0.25) is 4.99 Å². The van der Waals surface area contributed by atoms with Crippen molar-refractivity contribution in [2.45, 2.75) is 20.3 Å². The Morgan fingerprint density at radius 2 is 2.22 bits per heavy atom. The van der Waals surface area contributed by atoms with E-state index in [0.717, 1.165) is 42.8 Å². The van der Waals surface area contributed by atoms with Gasteiger partial charge >= 0.3 is 0 Å². The first-order valence-corrected chi connectivity index (χ1v) is 7.07. The standard InChI is InChI=1S/C12H22N4OS/c1-4-17-8-7-15-12(13-3)14-6-5-11-9-18-10(2)16-11/h9H,4-8H2,1-3H3,(H2,13,14,15). The number of hydrogen-bond acceptors (Lipinski definition) is 4. The van der Waals surface area contributed by atoms with Crippen LogP contribution >= 0.6 is 11.3 Å². The Bertz CT molecular complexity index is 365. The van der Waals surface area contributed by atoms with Crippen LogP contribution < -0.4 is 10.6 Å². The van der Waals surface area contributed by atoms with Crippen LogP contribution in [0.5, 0.6) is 0 Å². The van der Waals surface area contributed by atoms with E-state index in [4.69, 9.17) is 4.74 Å². The Labute approximate surface area is 113 Å². The van der Waals surface area contributed by atoms with E-state index in [-0.39, 0.29) is 0 Å². The summed E-state index contributed by atoms with van der Waals surface area (Å²) >= 11 is 1.69. The van der Waals surface area contributed by atoms with Crippen LogP contribution in [0.25, 0.3) is 0 Å². The predicted octanol–water partition coefficient (Wildman–Crippen LogP) is 1.20. The van der Waals surface area contributed by atoms with Crippen LogP contribution in [0.2, 0.25) is 0 Å². The number of nitrogens with one attached hydrogen (secondary N) is 2. The Kier molecular flexibility index (Phi) is 7.36. The van der Waals surface area contributed by atoms with E-state index in [2.05, 4.69) is 26.0 Å². The van der Waals surface area contributed by atoms with Crippen molar-refractivity contribution >= 4 is 17.3 Å². The zero-order valence-corrected chi connectivity index (χ0v) is 12.1. The van der Waals surface area contributed by atoms with Gasteiger partial charge in [0.25, 0.3) is 0 Å². The van der Waals surface area contributed by atoms with Gasteiger partial charge in [-0.15, -0.1) is 11.3 Å². The number of aromatic nitrogens is 1. The van der Waals surface area contributed by atoms with Crippen LogP contribution in [0.15, 0.2) is 10.4 Å². The van der Waals surface area contributed by atoms with Gasteiger partial charge in [0.2, 0.25) is 0 Å². The molecule has 0 amide bonds. The second-order valence-corrected chi connectivity index (χ2v) is 4.79. The minimum atomic E-state index is 0.697. The molecule has 0 aliphatic rings. The average Bonchev–Trinajstić information content (AvgIpc) is 2.78. The summed E-state index contributed by atoms with van der Waals surface area (Å²) in [6, 6.07) is 0. The van der Waals surface area contributed by atoms with Crippen molar-refractivity contribution in [3.63, 3.8) is 0 Å². The van der Waals surface area contributed by atoms with Gasteiger partial charge in [-0.2, -0.15) is 0 Å². The van der Waals surface area contributed by atoms with Crippen molar-refractivity contribution in [1.82, 2.24) is 15.6 Å². The summed E-state index contributed by atoms with van der Waals surface area (Å²) in [6.07, 6.45) is 0.913. The van der Waals surface area contributed by atoms with Gasteiger partial charge in [-0.25, -0.2) is 4.98 Å². The van der Waals surface area contributed by atoms with Gasteiger partial charge < -0.3 is 15.4 Å². The molecule has 0 aromatic carbocycles. The van der Waals surface area contributed by atoms with Crippen molar-refractivity contribution in [2.24, 2.45) is 4.99 Å². The van der Waals surface area contributed by atoms with Crippen LogP contribution in [-0.4, -0.2) is 44.3 Å². The minimum Gasteiger partial charge on any atom is -0.380 e.